The molecule has 0 saturated heterocycles. The molecular formula is C16H15FN2O4S. The van der Waals surface area contributed by atoms with E-state index >= 15 is 0 Å². The maximum Gasteiger partial charge on any atom is 0.262 e. The van der Waals surface area contributed by atoms with Crippen LogP contribution in [0.3, 0.4) is 0 Å². The van der Waals surface area contributed by atoms with Crippen molar-refractivity contribution in [1.82, 2.24) is 0 Å². The summed E-state index contributed by atoms with van der Waals surface area (Å²) in [5.74, 6) is -0.446. The Morgan fingerprint density at radius 3 is 2.62 bits per heavy atom. The minimum atomic E-state index is -3.89. The van der Waals surface area contributed by atoms with Gasteiger partial charge in [-0.15, -0.1) is 0 Å². The topological polar surface area (TPSA) is 84.5 Å². The summed E-state index contributed by atoms with van der Waals surface area (Å²) in [6, 6.07) is 6.70. The molecule has 0 aliphatic carbocycles. The van der Waals surface area contributed by atoms with Gasteiger partial charge in [0.1, 0.15) is 11.6 Å². The van der Waals surface area contributed by atoms with Crippen LogP contribution in [0.2, 0.25) is 0 Å². The quantitative estimate of drug-likeness (QED) is 0.891. The van der Waals surface area contributed by atoms with E-state index in [9.17, 15) is 17.6 Å². The molecule has 1 heterocycles. The maximum atomic E-state index is 13.2. The van der Waals surface area contributed by atoms with E-state index in [1.807, 2.05) is 0 Å². The zero-order valence-corrected chi connectivity index (χ0v) is 13.8. The van der Waals surface area contributed by atoms with Gasteiger partial charge in [0.05, 0.1) is 16.3 Å². The summed E-state index contributed by atoms with van der Waals surface area (Å²) in [7, 11) is -3.89. The summed E-state index contributed by atoms with van der Waals surface area (Å²) >= 11 is 0. The van der Waals surface area contributed by atoms with Crippen molar-refractivity contribution in [3.05, 3.63) is 47.3 Å². The molecule has 1 aliphatic rings. The Morgan fingerprint density at radius 2 is 1.92 bits per heavy atom. The van der Waals surface area contributed by atoms with Crippen LogP contribution < -0.4 is 14.8 Å². The third-order valence-corrected chi connectivity index (χ3v) is 5.14. The monoisotopic (exact) mass is 350 g/mol. The average molecular weight is 350 g/mol. The van der Waals surface area contributed by atoms with Crippen molar-refractivity contribution in [2.45, 2.75) is 18.7 Å². The number of carbonyl (C=O) groups is 1. The SMILES string of the molecule is Cc1cc(F)ccc1NS(=O)(=O)c1cc2c(cc1C)NC(=O)CO2. The number of aryl methyl sites for hydroxylation is 2. The first kappa shape index (κ1) is 16.3. The van der Waals surface area contributed by atoms with E-state index in [1.165, 1.54) is 24.3 Å². The van der Waals surface area contributed by atoms with Gasteiger partial charge in [0.2, 0.25) is 0 Å². The first-order chi connectivity index (χ1) is 11.3. The second kappa shape index (κ2) is 5.79. The number of sulfonamides is 1. The van der Waals surface area contributed by atoms with Crippen molar-refractivity contribution in [2.75, 3.05) is 16.6 Å². The first-order valence-electron chi connectivity index (χ1n) is 7.12. The Labute approximate surface area is 138 Å². The van der Waals surface area contributed by atoms with Crippen LogP contribution in [-0.2, 0) is 14.8 Å². The zero-order chi connectivity index (χ0) is 17.5. The van der Waals surface area contributed by atoms with Crippen LogP contribution >= 0.6 is 0 Å². The Bertz CT molecular complexity index is 941. The minimum absolute atomic E-state index is 0.0288. The number of ether oxygens (including phenoxy) is 1. The van der Waals surface area contributed by atoms with Crippen molar-refractivity contribution >= 4 is 27.3 Å². The number of benzene rings is 2. The fraction of sp³-hybridized carbons (Fsp3) is 0.188. The van der Waals surface area contributed by atoms with Crippen molar-refractivity contribution < 1.29 is 22.3 Å². The minimum Gasteiger partial charge on any atom is -0.482 e. The van der Waals surface area contributed by atoms with E-state index < -0.39 is 15.8 Å². The van der Waals surface area contributed by atoms with Crippen LogP contribution in [-0.4, -0.2) is 20.9 Å². The van der Waals surface area contributed by atoms with E-state index in [1.54, 1.807) is 19.9 Å². The molecule has 3 rings (SSSR count). The van der Waals surface area contributed by atoms with E-state index in [0.717, 1.165) is 0 Å². The maximum absolute atomic E-state index is 13.2. The van der Waals surface area contributed by atoms with E-state index in [-0.39, 0.29) is 23.2 Å². The van der Waals surface area contributed by atoms with Crippen molar-refractivity contribution in [3.8, 4) is 5.75 Å². The summed E-state index contributed by atoms with van der Waals surface area (Å²) in [5.41, 5.74) is 1.65. The number of carbonyl (C=O) groups excluding carboxylic acids is 1. The molecule has 6 nitrogen and oxygen atoms in total. The van der Waals surface area contributed by atoms with Crippen LogP contribution in [0.5, 0.6) is 5.75 Å². The van der Waals surface area contributed by atoms with Gasteiger partial charge < -0.3 is 10.1 Å². The summed E-state index contributed by atoms with van der Waals surface area (Å²) in [4.78, 5) is 11.4. The molecule has 1 amide bonds. The molecule has 2 aromatic rings. The Balaban J connectivity index is 1.99. The molecule has 24 heavy (non-hydrogen) atoms. The highest BCUT2D eigenvalue weighted by Crippen LogP contribution is 2.33. The van der Waals surface area contributed by atoms with Crippen LogP contribution in [0.1, 0.15) is 11.1 Å². The molecule has 0 spiro atoms. The van der Waals surface area contributed by atoms with E-state index in [4.69, 9.17) is 4.74 Å². The highest BCUT2D eigenvalue weighted by atomic mass is 32.2. The highest BCUT2D eigenvalue weighted by Gasteiger charge is 2.24. The van der Waals surface area contributed by atoms with Gasteiger partial charge in [-0.3, -0.25) is 9.52 Å². The summed E-state index contributed by atoms with van der Waals surface area (Å²) in [6.07, 6.45) is 0. The molecular weight excluding hydrogens is 335 g/mol. The number of rotatable bonds is 3. The van der Waals surface area contributed by atoms with Gasteiger partial charge in [-0.25, -0.2) is 12.8 Å². The van der Waals surface area contributed by atoms with Gasteiger partial charge in [-0.05, 0) is 49.2 Å². The Hall–Kier alpha value is -2.61. The lowest BCUT2D eigenvalue weighted by atomic mass is 10.2. The smallest absolute Gasteiger partial charge is 0.262 e. The molecule has 0 fully saturated rings. The van der Waals surface area contributed by atoms with Crippen LogP contribution in [0.4, 0.5) is 15.8 Å². The molecule has 0 saturated carbocycles. The molecule has 0 aromatic heterocycles. The number of hydrogen-bond donors (Lipinski definition) is 2. The van der Waals surface area contributed by atoms with E-state index in [2.05, 4.69) is 10.0 Å². The van der Waals surface area contributed by atoms with Crippen molar-refractivity contribution in [3.63, 3.8) is 0 Å². The third kappa shape index (κ3) is 3.05. The molecule has 0 atom stereocenters. The lowest BCUT2D eigenvalue weighted by molar-refractivity contribution is -0.118. The molecule has 8 heteroatoms. The van der Waals surface area contributed by atoms with Gasteiger partial charge in [0.25, 0.3) is 15.9 Å². The fourth-order valence-electron chi connectivity index (χ4n) is 2.45. The van der Waals surface area contributed by atoms with Crippen LogP contribution in [0.15, 0.2) is 35.2 Å². The predicted molar refractivity (Wildman–Crippen MR) is 87.2 cm³/mol. The number of anilines is 2. The predicted octanol–water partition coefficient (Wildman–Crippen LogP) is 2.57. The molecule has 1 aliphatic heterocycles. The molecule has 0 bridgehead atoms. The van der Waals surface area contributed by atoms with E-state index in [0.29, 0.717) is 22.5 Å². The Morgan fingerprint density at radius 1 is 1.17 bits per heavy atom. The number of amides is 1. The van der Waals surface area contributed by atoms with Gasteiger partial charge in [0.15, 0.2) is 6.61 Å². The number of hydrogen-bond acceptors (Lipinski definition) is 4. The van der Waals surface area contributed by atoms with Crippen LogP contribution in [0, 0.1) is 19.7 Å². The fourth-order valence-corrected chi connectivity index (χ4v) is 3.82. The number of nitrogens with one attached hydrogen (secondary N) is 2. The van der Waals surface area contributed by atoms with Gasteiger partial charge in [0, 0.05) is 6.07 Å². The second-order valence-electron chi connectivity index (χ2n) is 5.52. The Kier molecular flexibility index (Phi) is 3.92. The normalized spacial score (nSPS) is 13.7. The summed E-state index contributed by atoms with van der Waals surface area (Å²) < 4.78 is 46.2. The van der Waals surface area contributed by atoms with Gasteiger partial charge in [-0.1, -0.05) is 0 Å². The van der Waals surface area contributed by atoms with Gasteiger partial charge in [-0.2, -0.15) is 0 Å². The van der Waals surface area contributed by atoms with Gasteiger partial charge >= 0.3 is 0 Å². The lowest BCUT2D eigenvalue weighted by Crippen LogP contribution is -2.26. The lowest BCUT2D eigenvalue weighted by Gasteiger charge is -2.20. The van der Waals surface area contributed by atoms with Crippen molar-refractivity contribution in [1.29, 1.82) is 0 Å². The number of fused-ring (bicyclic) bond motifs is 1. The van der Waals surface area contributed by atoms with Crippen LogP contribution in [0.25, 0.3) is 0 Å². The molecule has 0 radical (unpaired) electrons. The molecule has 0 unspecified atom stereocenters. The molecule has 2 N–H and O–H groups in total. The third-order valence-electron chi connectivity index (χ3n) is 3.63. The highest BCUT2D eigenvalue weighted by molar-refractivity contribution is 7.92. The largest absolute Gasteiger partial charge is 0.482 e. The summed E-state index contributed by atoms with van der Waals surface area (Å²) in [5, 5.41) is 2.62. The second-order valence-corrected chi connectivity index (χ2v) is 7.17. The van der Waals surface area contributed by atoms with Crippen molar-refractivity contribution in [2.24, 2.45) is 0 Å². The first-order valence-corrected chi connectivity index (χ1v) is 8.61. The summed E-state index contributed by atoms with van der Waals surface area (Å²) in [6.45, 7) is 3.06. The molecule has 2 aromatic carbocycles. The standard InChI is InChI=1S/C16H15FN2O4S/c1-9-5-11(17)3-4-12(9)19-24(21,22)15-7-14-13(6-10(15)2)18-16(20)8-23-14/h3-7,19H,8H2,1-2H3,(H,18,20). The zero-order valence-electron chi connectivity index (χ0n) is 13.0. The number of halogens is 1. The average Bonchev–Trinajstić information content (AvgIpc) is 2.49. The molecule has 126 valence electrons.